The Bertz CT molecular complexity index is 1240. The quantitative estimate of drug-likeness (QED) is 0.298. The van der Waals surface area contributed by atoms with E-state index >= 15 is 0 Å². The van der Waals surface area contributed by atoms with E-state index in [4.69, 9.17) is 11.6 Å². The number of rotatable bonds is 0. The average molecular weight is 383 g/mol. The summed E-state index contributed by atoms with van der Waals surface area (Å²) in [5.74, 6) is 13.1. The van der Waals surface area contributed by atoms with Gasteiger partial charge in [-0.05, 0) is 66.2 Å². The van der Waals surface area contributed by atoms with E-state index in [0.29, 0.717) is 0 Å². The SMILES string of the molecule is Cc1ccc(C#Cc2ccc(C#Cc3ccc(Cl)cc3)c3ccccc23)s1. The molecule has 0 spiro atoms. The summed E-state index contributed by atoms with van der Waals surface area (Å²) < 4.78 is 0. The lowest BCUT2D eigenvalue weighted by Crippen LogP contribution is -1.85. The van der Waals surface area contributed by atoms with Crippen LogP contribution in [-0.4, -0.2) is 0 Å². The Morgan fingerprint density at radius 3 is 1.89 bits per heavy atom. The molecule has 27 heavy (non-hydrogen) atoms. The number of aryl methyl sites for hydroxylation is 1. The van der Waals surface area contributed by atoms with Crippen molar-refractivity contribution >= 4 is 33.7 Å². The maximum Gasteiger partial charge on any atom is 0.0775 e. The van der Waals surface area contributed by atoms with Gasteiger partial charge >= 0.3 is 0 Å². The van der Waals surface area contributed by atoms with E-state index < -0.39 is 0 Å². The highest BCUT2D eigenvalue weighted by Crippen LogP contribution is 2.22. The Hall–Kier alpha value is -2.97. The van der Waals surface area contributed by atoms with Crippen molar-refractivity contribution in [2.75, 3.05) is 0 Å². The molecule has 0 aliphatic heterocycles. The van der Waals surface area contributed by atoms with Crippen molar-refractivity contribution in [3.63, 3.8) is 0 Å². The standard InChI is InChI=1S/C25H15ClS/c1-18-6-16-23(27-18)17-13-21-12-11-20(24-4-2-3-5-25(21)24)10-7-19-8-14-22(26)15-9-19/h2-6,8-9,11-12,14-16H,1H3. The second-order valence-corrected chi connectivity index (χ2v) is 7.85. The lowest BCUT2D eigenvalue weighted by molar-refractivity contribution is 1.63. The van der Waals surface area contributed by atoms with Crippen molar-refractivity contribution in [3.8, 4) is 23.7 Å². The smallest absolute Gasteiger partial charge is 0.0775 e. The minimum atomic E-state index is 0.717. The first-order valence-electron chi connectivity index (χ1n) is 8.57. The Kier molecular flexibility index (Phi) is 4.99. The fourth-order valence-corrected chi connectivity index (χ4v) is 3.67. The third kappa shape index (κ3) is 4.07. The highest BCUT2D eigenvalue weighted by atomic mass is 35.5. The molecular formula is C25H15ClS. The summed E-state index contributed by atoms with van der Waals surface area (Å²) in [6.07, 6.45) is 0. The van der Waals surface area contributed by atoms with Gasteiger partial charge in [-0.15, -0.1) is 11.3 Å². The van der Waals surface area contributed by atoms with E-state index in [-0.39, 0.29) is 0 Å². The minimum Gasteiger partial charge on any atom is -0.132 e. The molecule has 1 heterocycles. The van der Waals surface area contributed by atoms with Gasteiger partial charge in [0.1, 0.15) is 0 Å². The summed E-state index contributed by atoms with van der Waals surface area (Å²) in [5, 5.41) is 2.96. The van der Waals surface area contributed by atoms with Crippen LogP contribution in [0.5, 0.6) is 0 Å². The molecule has 0 aliphatic carbocycles. The molecule has 0 saturated carbocycles. The third-order valence-electron chi connectivity index (χ3n) is 4.17. The predicted octanol–water partition coefficient (Wildman–Crippen LogP) is 6.66. The lowest BCUT2D eigenvalue weighted by atomic mass is 9.99. The molecule has 4 rings (SSSR count). The number of halogens is 1. The molecule has 128 valence electrons. The zero-order valence-corrected chi connectivity index (χ0v) is 16.3. The minimum absolute atomic E-state index is 0.717. The van der Waals surface area contributed by atoms with Crippen molar-refractivity contribution in [3.05, 3.63) is 104 Å². The maximum absolute atomic E-state index is 5.94. The Balaban J connectivity index is 1.75. The second kappa shape index (κ2) is 7.73. The summed E-state index contributed by atoms with van der Waals surface area (Å²) in [5.41, 5.74) is 2.96. The molecule has 4 aromatic rings. The third-order valence-corrected chi connectivity index (χ3v) is 5.34. The molecule has 0 aliphatic rings. The average Bonchev–Trinajstić information content (AvgIpc) is 3.11. The summed E-state index contributed by atoms with van der Waals surface area (Å²) in [4.78, 5) is 2.36. The zero-order chi connectivity index (χ0) is 18.6. The lowest BCUT2D eigenvalue weighted by Gasteiger charge is -2.03. The molecule has 2 heteroatoms. The second-order valence-electron chi connectivity index (χ2n) is 6.12. The molecule has 0 radical (unpaired) electrons. The maximum atomic E-state index is 5.94. The van der Waals surface area contributed by atoms with Crippen LogP contribution in [0.4, 0.5) is 0 Å². The van der Waals surface area contributed by atoms with Crippen LogP contribution in [0.1, 0.15) is 26.4 Å². The van der Waals surface area contributed by atoms with Gasteiger partial charge in [0.2, 0.25) is 0 Å². The van der Waals surface area contributed by atoms with Gasteiger partial charge in [-0.25, -0.2) is 0 Å². The molecule has 0 atom stereocenters. The van der Waals surface area contributed by atoms with Gasteiger partial charge in [0.25, 0.3) is 0 Å². The van der Waals surface area contributed by atoms with Crippen LogP contribution >= 0.6 is 22.9 Å². The van der Waals surface area contributed by atoms with E-state index in [0.717, 1.165) is 37.4 Å². The summed E-state index contributed by atoms with van der Waals surface area (Å²) >= 11 is 7.66. The number of thiophene rings is 1. The van der Waals surface area contributed by atoms with Gasteiger partial charge in [-0.2, -0.15) is 0 Å². The molecule has 0 bridgehead atoms. The van der Waals surface area contributed by atoms with Crippen LogP contribution in [0.25, 0.3) is 10.8 Å². The molecule has 0 amide bonds. The number of hydrogen-bond donors (Lipinski definition) is 0. The molecular weight excluding hydrogens is 368 g/mol. The van der Waals surface area contributed by atoms with Crippen LogP contribution in [0.2, 0.25) is 5.02 Å². The number of hydrogen-bond acceptors (Lipinski definition) is 1. The van der Waals surface area contributed by atoms with Gasteiger partial charge in [0.05, 0.1) is 4.88 Å². The van der Waals surface area contributed by atoms with Crippen molar-refractivity contribution in [2.45, 2.75) is 6.92 Å². The molecule has 0 fully saturated rings. The van der Waals surface area contributed by atoms with Crippen molar-refractivity contribution in [1.82, 2.24) is 0 Å². The number of fused-ring (bicyclic) bond motifs is 1. The van der Waals surface area contributed by atoms with Gasteiger partial charge in [0.15, 0.2) is 0 Å². The monoisotopic (exact) mass is 382 g/mol. The topological polar surface area (TPSA) is 0 Å². The van der Waals surface area contributed by atoms with E-state index in [1.54, 1.807) is 11.3 Å². The van der Waals surface area contributed by atoms with Crippen LogP contribution in [0, 0.1) is 30.6 Å². The first-order valence-corrected chi connectivity index (χ1v) is 9.76. The fraction of sp³-hybridized carbons (Fsp3) is 0.0400. The summed E-state index contributed by atoms with van der Waals surface area (Å²) in [7, 11) is 0. The largest absolute Gasteiger partial charge is 0.132 e. The van der Waals surface area contributed by atoms with Gasteiger partial charge in [-0.1, -0.05) is 59.5 Å². The highest BCUT2D eigenvalue weighted by molar-refractivity contribution is 7.12. The van der Waals surface area contributed by atoms with Crippen LogP contribution < -0.4 is 0 Å². The zero-order valence-electron chi connectivity index (χ0n) is 14.7. The summed E-state index contributed by atoms with van der Waals surface area (Å²) in [6, 6.07) is 24.1. The molecule has 0 nitrogen and oxygen atoms in total. The van der Waals surface area contributed by atoms with Crippen molar-refractivity contribution in [1.29, 1.82) is 0 Å². The molecule has 0 unspecified atom stereocenters. The molecule has 1 aromatic heterocycles. The van der Waals surface area contributed by atoms with E-state index in [1.165, 1.54) is 4.88 Å². The van der Waals surface area contributed by atoms with Crippen molar-refractivity contribution in [2.24, 2.45) is 0 Å². The fourth-order valence-electron chi connectivity index (χ4n) is 2.82. The van der Waals surface area contributed by atoms with Gasteiger partial charge in [0, 0.05) is 26.6 Å². The normalized spacial score (nSPS) is 10.0. The van der Waals surface area contributed by atoms with Crippen LogP contribution in [0.3, 0.4) is 0 Å². The highest BCUT2D eigenvalue weighted by Gasteiger charge is 2.03. The predicted molar refractivity (Wildman–Crippen MR) is 116 cm³/mol. The Morgan fingerprint density at radius 1 is 0.667 bits per heavy atom. The molecule has 0 N–H and O–H groups in total. The van der Waals surface area contributed by atoms with E-state index in [1.807, 2.05) is 36.4 Å². The Morgan fingerprint density at radius 2 is 1.30 bits per heavy atom. The molecule has 0 saturated heterocycles. The van der Waals surface area contributed by atoms with E-state index in [2.05, 4.69) is 67.0 Å². The number of benzene rings is 3. The Labute approximate surface area is 168 Å². The van der Waals surface area contributed by atoms with Crippen LogP contribution in [-0.2, 0) is 0 Å². The first-order chi connectivity index (χ1) is 13.2. The van der Waals surface area contributed by atoms with Crippen LogP contribution in [0.15, 0.2) is 72.8 Å². The summed E-state index contributed by atoms with van der Waals surface area (Å²) in [6.45, 7) is 2.10. The molecule has 3 aromatic carbocycles. The van der Waals surface area contributed by atoms with Gasteiger partial charge in [-0.3, -0.25) is 0 Å². The first kappa shape index (κ1) is 17.4. The van der Waals surface area contributed by atoms with Crippen molar-refractivity contribution < 1.29 is 0 Å². The van der Waals surface area contributed by atoms with Gasteiger partial charge < -0.3 is 0 Å². The van der Waals surface area contributed by atoms with E-state index in [9.17, 15) is 0 Å².